The molecule has 0 bridgehead atoms. The number of hydrogen-bond donors (Lipinski definition) is 1. The Kier molecular flexibility index (Phi) is 3.62. The lowest BCUT2D eigenvalue weighted by Gasteiger charge is -2.15. The van der Waals surface area contributed by atoms with Crippen LogP contribution >= 0.6 is 15.9 Å². The zero-order chi connectivity index (χ0) is 11.6. The standard InChI is InChI=1S/C9H8BrF3O2/c1-15-7-4-5(2-3-6(7)10)8(14)9(11,12)13/h2-4,8,14H,1H3/t8-/m1/s1. The van der Waals surface area contributed by atoms with Gasteiger partial charge in [-0.1, -0.05) is 6.07 Å². The topological polar surface area (TPSA) is 29.5 Å². The fourth-order valence-electron chi connectivity index (χ4n) is 1.04. The number of aliphatic hydroxyl groups excluding tert-OH is 1. The van der Waals surface area contributed by atoms with E-state index in [0.29, 0.717) is 4.47 Å². The van der Waals surface area contributed by atoms with Gasteiger partial charge in [0.05, 0.1) is 11.6 Å². The molecular formula is C9H8BrF3O2. The minimum atomic E-state index is -4.67. The summed E-state index contributed by atoms with van der Waals surface area (Å²) < 4.78 is 41.9. The zero-order valence-corrected chi connectivity index (χ0v) is 9.26. The Balaban J connectivity index is 3.06. The fourth-order valence-corrected chi connectivity index (χ4v) is 1.44. The van der Waals surface area contributed by atoms with Crippen molar-refractivity contribution in [3.05, 3.63) is 28.2 Å². The van der Waals surface area contributed by atoms with Crippen LogP contribution in [0.2, 0.25) is 0 Å². The first kappa shape index (κ1) is 12.3. The van der Waals surface area contributed by atoms with Gasteiger partial charge in [-0.15, -0.1) is 0 Å². The Morgan fingerprint density at radius 1 is 1.40 bits per heavy atom. The molecule has 0 aliphatic heterocycles. The predicted molar refractivity (Wildman–Crippen MR) is 51.7 cm³/mol. The summed E-state index contributed by atoms with van der Waals surface area (Å²) in [7, 11) is 1.34. The first-order valence-electron chi connectivity index (χ1n) is 3.94. The molecule has 0 unspecified atom stereocenters. The van der Waals surface area contributed by atoms with Crippen molar-refractivity contribution in [1.29, 1.82) is 0 Å². The van der Waals surface area contributed by atoms with E-state index in [1.165, 1.54) is 19.2 Å². The van der Waals surface area contributed by atoms with E-state index in [2.05, 4.69) is 15.9 Å². The van der Waals surface area contributed by atoms with E-state index < -0.39 is 12.3 Å². The van der Waals surface area contributed by atoms with Crippen LogP contribution in [-0.4, -0.2) is 18.4 Å². The van der Waals surface area contributed by atoms with Gasteiger partial charge >= 0.3 is 6.18 Å². The van der Waals surface area contributed by atoms with Gasteiger partial charge in [-0.25, -0.2) is 0 Å². The van der Waals surface area contributed by atoms with Crippen LogP contribution in [0.3, 0.4) is 0 Å². The highest BCUT2D eigenvalue weighted by Gasteiger charge is 2.39. The molecule has 0 saturated heterocycles. The van der Waals surface area contributed by atoms with E-state index in [0.717, 1.165) is 6.07 Å². The van der Waals surface area contributed by atoms with Crippen LogP contribution in [0.25, 0.3) is 0 Å². The van der Waals surface area contributed by atoms with E-state index in [1.54, 1.807) is 0 Å². The summed E-state index contributed by atoms with van der Waals surface area (Å²) in [5.74, 6) is 0.246. The molecule has 0 spiro atoms. The fraction of sp³-hybridized carbons (Fsp3) is 0.333. The molecule has 1 aromatic rings. The predicted octanol–water partition coefficient (Wildman–Crippen LogP) is 3.05. The maximum Gasteiger partial charge on any atom is 0.418 e. The third kappa shape index (κ3) is 2.85. The van der Waals surface area contributed by atoms with Gasteiger partial charge in [-0.05, 0) is 33.6 Å². The first-order chi connectivity index (χ1) is 6.86. The van der Waals surface area contributed by atoms with Gasteiger partial charge in [-0.2, -0.15) is 13.2 Å². The van der Waals surface area contributed by atoms with Gasteiger partial charge in [0, 0.05) is 0 Å². The molecule has 1 atom stereocenters. The Labute approximate surface area is 92.8 Å². The van der Waals surface area contributed by atoms with Crippen molar-refractivity contribution in [3.8, 4) is 5.75 Å². The van der Waals surface area contributed by atoms with Crippen molar-refractivity contribution in [2.45, 2.75) is 12.3 Å². The number of halogens is 4. The Morgan fingerprint density at radius 3 is 2.47 bits per heavy atom. The van der Waals surface area contributed by atoms with E-state index in [-0.39, 0.29) is 11.3 Å². The SMILES string of the molecule is COc1cc([C@@H](O)C(F)(F)F)ccc1Br. The summed E-state index contributed by atoms with van der Waals surface area (Å²) in [6.45, 7) is 0. The molecule has 0 fully saturated rings. The molecule has 0 radical (unpaired) electrons. The van der Waals surface area contributed by atoms with Crippen LogP contribution in [0.4, 0.5) is 13.2 Å². The van der Waals surface area contributed by atoms with Crippen molar-refractivity contribution >= 4 is 15.9 Å². The lowest BCUT2D eigenvalue weighted by molar-refractivity contribution is -0.206. The highest BCUT2D eigenvalue weighted by Crippen LogP contribution is 2.35. The average molecular weight is 285 g/mol. The minimum absolute atomic E-state index is 0.246. The molecule has 0 heterocycles. The number of rotatable bonds is 2. The lowest BCUT2D eigenvalue weighted by Crippen LogP contribution is -2.20. The zero-order valence-electron chi connectivity index (χ0n) is 7.68. The number of ether oxygens (including phenoxy) is 1. The van der Waals surface area contributed by atoms with Gasteiger partial charge in [-0.3, -0.25) is 0 Å². The Morgan fingerprint density at radius 2 is 2.00 bits per heavy atom. The molecule has 0 aliphatic rings. The molecule has 0 aromatic heterocycles. The summed E-state index contributed by atoms with van der Waals surface area (Å²) >= 11 is 3.10. The number of benzene rings is 1. The molecule has 1 rings (SSSR count). The van der Waals surface area contributed by atoms with Gasteiger partial charge in [0.2, 0.25) is 0 Å². The van der Waals surface area contributed by atoms with Crippen LogP contribution in [-0.2, 0) is 0 Å². The smallest absolute Gasteiger partial charge is 0.418 e. The van der Waals surface area contributed by atoms with E-state index in [1.807, 2.05) is 0 Å². The summed E-state index contributed by atoms with van der Waals surface area (Å²) in [4.78, 5) is 0. The molecule has 2 nitrogen and oxygen atoms in total. The summed E-state index contributed by atoms with van der Waals surface area (Å²) in [6, 6.07) is 3.72. The van der Waals surface area contributed by atoms with Crippen molar-refractivity contribution in [2.75, 3.05) is 7.11 Å². The second-order valence-corrected chi connectivity index (χ2v) is 3.69. The van der Waals surface area contributed by atoms with E-state index >= 15 is 0 Å². The quantitative estimate of drug-likeness (QED) is 0.905. The summed E-state index contributed by atoms with van der Waals surface area (Å²) in [6.07, 6.45) is -7.15. The number of alkyl halides is 3. The minimum Gasteiger partial charge on any atom is -0.496 e. The van der Waals surface area contributed by atoms with Gasteiger partial charge < -0.3 is 9.84 Å². The molecule has 1 aromatic carbocycles. The molecular weight excluding hydrogens is 277 g/mol. The number of hydrogen-bond acceptors (Lipinski definition) is 2. The number of methoxy groups -OCH3 is 1. The summed E-state index contributed by atoms with van der Waals surface area (Å²) in [5, 5.41) is 8.97. The molecule has 0 saturated carbocycles. The number of aliphatic hydroxyl groups is 1. The van der Waals surface area contributed by atoms with Crippen LogP contribution in [0.15, 0.2) is 22.7 Å². The third-order valence-electron chi connectivity index (χ3n) is 1.80. The van der Waals surface area contributed by atoms with Crippen molar-refractivity contribution in [2.24, 2.45) is 0 Å². The maximum atomic E-state index is 12.2. The van der Waals surface area contributed by atoms with Crippen molar-refractivity contribution in [3.63, 3.8) is 0 Å². The maximum absolute atomic E-state index is 12.2. The molecule has 0 aliphatic carbocycles. The van der Waals surface area contributed by atoms with Crippen LogP contribution in [0.1, 0.15) is 11.7 Å². The van der Waals surface area contributed by atoms with Crippen molar-refractivity contribution < 1.29 is 23.0 Å². The molecule has 0 amide bonds. The third-order valence-corrected chi connectivity index (χ3v) is 2.46. The van der Waals surface area contributed by atoms with E-state index in [4.69, 9.17) is 9.84 Å². The molecule has 1 N–H and O–H groups in total. The van der Waals surface area contributed by atoms with Gasteiger partial charge in [0.1, 0.15) is 5.75 Å². The normalized spacial score (nSPS) is 13.7. The largest absolute Gasteiger partial charge is 0.496 e. The second-order valence-electron chi connectivity index (χ2n) is 2.84. The summed E-state index contributed by atoms with van der Waals surface area (Å²) in [5.41, 5.74) is -0.248. The second kappa shape index (κ2) is 4.40. The van der Waals surface area contributed by atoms with Crippen LogP contribution in [0, 0.1) is 0 Å². The molecule has 15 heavy (non-hydrogen) atoms. The Hall–Kier alpha value is -0.750. The first-order valence-corrected chi connectivity index (χ1v) is 4.73. The van der Waals surface area contributed by atoms with Crippen LogP contribution in [0.5, 0.6) is 5.75 Å². The van der Waals surface area contributed by atoms with Gasteiger partial charge in [0.15, 0.2) is 6.10 Å². The average Bonchev–Trinajstić information content (AvgIpc) is 2.16. The highest BCUT2D eigenvalue weighted by atomic mass is 79.9. The van der Waals surface area contributed by atoms with Crippen molar-refractivity contribution in [1.82, 2.24) is 0 Å². The lowest BCUT2D eigenvalue weighted by atomic mass is 10.1. The molecule has 84 valence electrons. The van der Waals surface area contributed by atoms with Gasteiger partial charge in [0.25, 0.3) is 0 Å². The monoisotopic (exact) mass is 284 g/mol. The Bertz CT molecular complexity index is 352. The molecule has 6 heteroatoms. The van der Waals surface area contributed by atoms with Crippen LogP contribution < -0.4 is 4.74 Å². The highest BCUT2D eigenvalue weighted by molar-refractivity contribution is 9.10. The van der Waals surface area contributed by atoms with E-state index in [9.17, 15) is 13.2 Å².